The number of carboxylic acids is 6. The second-order valence-electron chi connectivity index (χ2n) is 8.51. The Kier molecular flexibility index (Phi) is 15.2. The van der Waals surface area contributed by atoms with Gasteiger partial charge in [-0.05, 0) is 6.42 Å². The Bertz CT molecular complexity index is 1110. The molecule has 42 heavy (non-hydrogen) atoms. The van der Waals surface area contributed by atoms with Crippen LogP contribution in [-0.2, 0) is 47.9 Å². The predicted molar refractivity (Wildman–Crippen MR) is 129 cm³/mol. The summed E-state index contributed by atoms with van der Waals surface area (Å²) >= 11 is 0. The molecule has 12 N–H and O–H groups in total. The van der Waals surface area contributed by atoms with Gasteiger partial charge in [0.15, 0.2) is 0 Å². The fourth-order valence-electron chi connectivity index (χ4n) is 3.06. The van der Waals surface area contributed by atoms with E-state index in [0.717, 1.165) is 0 Å². The Morgan fingerprint density at radius 1 is 0.452 bits per heavy atom. The molecule has 0 aromatic heterocycles. The molecular formula is C21H29N5O16. The Morgan fingerprint density at radius 3 is 1.17 bits per heavy atom. The summed E-state index contributed by atoms with van der Waals surface area (Å²) in [7, 11) is 0. The van der Waals surface area contributed by atoms with Gasteiger partial charge in [-0.25, -0.2) is 4.79 Å². The number of hydrogen-bond donors (Lipinski definition) is 11. The highest BCUT2D eigenvalue weighted by Crippen LogP contribution is 2.05. The Hall–Kier alpha value is -5.34. The molecule has 0 radical (unpaired) electrons. The van der Waals surface area contributed by atoms with E-state index in [-0.39, 0.29) is 0 Å². The van der Waals surface area contributed by atoms with Crippen LogP contribution >= 0.6 is 0 Å². The van der Waals surface area contributed by atoms with Gasteiger partial charge in [0.1, 0.15) is 24.2 Å². The van der Waals surface area contributed by atoms with Crippen molar-refractivity contribution in [3.8, 4) is 0 Å². The van der Waals surface area contributed by atoms with Crippen molar-refractivity contribution >= 4 is 59.4 Å². The standard InChI is InChI=1S/C21H29N5O16/c22-7(3-13(29)30)17(37)24-9(4-14(31)32)20(40)25-10(5-15(33)34)19(39)23-8(1-2-12(27)28)18(38)26-11(21(41)42)6-16(35)36/h7-11H,1-6,22H2,(H,23,39)(H,24,37)(H,25,40)(H,26,38)(H,27,28)(H,29,30)(H,31,32)(H,33,34)(H,35,36)(H,41,42)/t7-,8-,9-,10-,11-/m0/s1. The Morgan fingerprint density at radius 2 is 0.786 bits per heavy atom. The molecule has 21 heteroatoms. The molecule has 0 saturated heterocycles. The summed E-state index contributed by atoms with van der Waals surface area (Å²) in [6.45, 7) is 0. The Balaban J connectivity index is 5.98. The summed E-state index contributed by atoms with van der Waals surface area (Å²) < 4.78 is 0. The van der Waals surface area contributed by atoms with Crippen molar-refractivity contribution in [2.75, 3.05) is 0 Å². The molecular weight excluding hydrogens is 578 g/mol. The van der Waals surface area contributed by atoms with Gasteiger partial charge in [-0.1, -0.05) is 0 Å². The van der Waals surface area contributed by atoms with E-state index in [1.807, 2.05) is 16.0 Å². The molecule has 21 nitrogen and oxygen atoms in total. The van der Waals surface area contributed by atoms with Gasteiger partial charge in [-0.3, -0.25) is 43.2 Å². The second-order valence-corrected chi connectivity index (χ2v) is 8.51. The van der Waals surface area contributed by atoms with E-state index in [9.17, 15) is 53.1 Å². The highest BCUT2D eigenvalue weighted by Gasteiger charge is 2.34. The van der Waals surface area contributed by atoms with Crippen LogP contribution in [0.4, 0.5) is 0 Å². The van der Waals surface area contributed by atoms with Crippen LogP contribution in [0.25, 0.3) is 0 Å². The van der Waals surface area contributed by atoms with E-state index in [1.54, 1.807) is 5.32 Å². The third-order valence-electron chi connectivity index (χ3n) is 5.03. The smallest absolute Gasteiger partial charge is 0.326 e. The molecule has 0 bridgehead atoms. The van der Waals surface area contributed by atoms with Gasteiger partial charge in [-0.2, -0.15) is 0 Å². The first-order valence-corrected chi connectivity index (χ1v) is 11.6. The SMILES string of the molecule is N[C@@H](CC(=O)O)C(=O)N[C@@H](CC(=O)O)C(=O)N[C@@H](CC(=O)O)C(=O)N[C@@H](CCC(=O)O)C(=O)N[C@@H](CC(=O)O)C(=O)O. The van der Waals surface area contributed by atoms with E-state index in [1.165, 1.54) is 0 Å². The second kappa shape index (κ2) is 17.4. The zero-order valence-electron chi connectivity index (χ0n) is 21.5. The first kappa shape index (κ1) is 36.7. The van der Waals surface area contributed by atoms with E-state index in [2.05, 4.69) is 0 Å². The minimum Gasteiger partial charge on any atom is -0.481 e. The lowest BCUT2D eigenvalue weighted by molar-refractivity contribution is -0.147. The van der Waals surface area contributed by atoms with Crippen molar-refractivity contribution in [2.24, 2.45) is 5.73 Å². The zero-order chi connectivity index (χ0) is 32.7. The molecule has 0 spiro atoms. The summed E-state index contributed by atoms with van der Waals surface area (Å²) in [5.41, 5.74) is 5.36. The topological polar surface area (TPSA) is 366 Å². The molecule has 0 fully saturated rings. The molecule has 0 aliphatic heterocycles. The van der Waals surface area contributed by atoms with Gasteiger partial charge in [0.05, 0.1) is 31.7 Å². The van der Waals surface area contributed by atoms with Crippen molar-refractivity contribution < 1.29 is 78.6 Å². The molecule has 0 aromatic rings. The number of carbonyl (C=O) groups is 10. The molecule has 0 aliphatic rings. The quantitative estimate of drug-likeness (QED) is 0.0617. The molecule has 0 rings (SSSR count). The van der Waals surface area contributed by atoms with Crippen molar-refractivity contribution in [2.45, 2.75) is 68.7 Å². The number of nitrogens with one attached hydrogen (secondary N) is 4. The number of carboxylic acid groups (broad SMARTS) is 6. The summed E-state index contributed by atoms with van der Waals surface area (Å²) in [5.74, 6) is -15.3. The summed E-state index contributed by atoms with van der Waals surface area (Å²) in [5, 5.41) is 61.2. The number of nitrogens with two attached hydrogens (primary N) is 1. The maximum absolute atomic E-state index is 12.9. The van der Waals surface area contributed by atoms with Crippen LogP contribution < -0.4 is 27.0 Å². The fourth-order valence-corrected chi connectivity index (χ4v) is 3.06. The van der Waals surface area contributed by atoms with E-state index >= 15 is 0 Å². The van der Waals surface area contributed by atoms with Crippen molar-refractivity contribution in [3.05, 3.63) is 0 Å². The largest absolute Gasteiger partial charge is 0.481 e. The lowest BCUT2D eigenvalue weighted by atomic mass is 10.1. The van der Waals surface area contributed by atoms with Crippen LogP contribution in [-0.4, -0.2) is 120 Å². The van der Waals surface area contributed by atoms with Crippen molar-refractivity contribution in [1.29, 1.82) is 0 Å². The van der Waals surface area contributed by atoms with Crippen LogP contribution in [0.1, 0.15) is 38.5 Å². The normalized spacial score (nSPS) is 14.0. The number of amides is 4. The molecule has 0 unspecified atom stereocenters. The molecule has 5 atom stereocenters. The number of rotatable bonds is 20. The zero-order valence-corrected chi connectivity index (χ0v) is 21.5. The maximum Gasteiger partial charge on any atom is 0.326 e. The van der Waals surface area contributed by atoms with Crippen LogP contribution in [0.15, 0.2) is 0 Å². The van der Waals surface area contributed by atoms with Gasteiger partial charge >= 0.3 is 35.8 Å². The first-order chi connectivity index (χ1) is 19.3. The van der Waals surface area contributed by atoms with Crippen LogP contribution in [0.2, 0.25) is 0 Å². The lowest BCUT2D eigenvalue weighted by Crippen LogP contribution is -2.59. The van der Waals surface area contributed by atoms with Gasteiger partial charge in [0, 0.05) is 6.42 Å². The number of hydrogen-bond acceptors (Lipinski definition) is 11. The average Bonchev–Trinajstić information content (AvgIpc) is 2.83. The predicted octanol–water partition coefficient (Wildman–Crippen LogP) is -4.90. The van der Waals surface area contributed by atoms with Crippen molar-refractivity contribution in [3.63, 3.8) is 0 Å². The molecule has 4 amide bonds. The van der Waals surface area contributed by atoms with Crippen LogP contribution in [0, 0.1) is 0 Å². The van der Waals surface area contributed by atoms with E-state index in [0.29, 0.717) is 0 Å². The van der Waals surface area contributed by atoms with Crippen LogP contribution in [0.3, 0.4) is 0 Å². The van der Waals surface area contributed by atoms with Gasteiger partial charge in [0.25, 0.3) is 0 Å². The number of aliphatic carboxylic acids is 6. The molecule has 0 aromatic carbocycles. The third kappa shape index (κ3) is 14.7. The average molecular weight is 607 g/mol. The Labute approximate surface area is 234 Å². The third-order valence-corrected chi connectivity index (χ3v) is 5.03. The molecule has 0 aliphatic carbocycles. The molecule has 234 valence electrons. The van der Waals surface area contributed by atoms with Crippen molar-refractivity contribution in [1.82, 2.24) is 21.3 Å². The molecule has 0 saturated carbocycles. The van der Waals surface area contributed by atoms with Gasteiger partial charge in [-0.15, -0.1) is 0 Å². The minimum absolute atomic E-state index is 0.709. The monoisotopic (exact) mass is 607 g/mol. The first-order valence-electron chi connectivity index (χ1n) is 11.6. The van der Waals surface area contributed by atoms with E-state index < -0.39 is 128 Å². The van der Waals surface area contributed by atoms with E-state index in [4.69, 9.17) is 31.3 Å². The lowest BCUT2D eigenvalue weighted by Gasteiger charge is -2.25. The minimum atomic E-state index is -2.09. The summed E-state index contributed by atoms with van der Waals surface area (Å²) in [4.78, 5) is 117. The van der Waals surface area contributed by atoms with Gasteiger partial charge < -0.3 is 57.6 Å². The summed E-state index contributed by atoms with van der Waals surface area (Å²) in [6.07, 6.45) is -5.86. The molecule has 0 heterocycles. The summed E-state index contributed by atoms with van der Waals surface area (Å²) in [6, 6.07) is -9.72. The van der Waals surface area contributed by atoms with Gasteiger partial charge in [0.2, 0.25) is 23.6 Å². The maximum atomic E-state index is 12.9. The van der Waals surface area contributed by atoms with Crippen LogP contribution in [0.5, 0.6) is 0 Å². The highest BCUT2D eigenvalue weighted by atomic mass is 16.4. The number of carbonyl (C=O) groups excluding carboxylic acids is 4. The fraction of sp³-hybridized carbons (Fsp3) is 0.524. The highest BCUT2D eigenvalue weighted by molar-refractivity contribution is 5.98.